The molecule has 33 heavy (non-hydrogen) atoms. The van der Waals surface area contributed by atoms with Gasteiger partial charge in [-0.2, -0.15) is 13.2 Å². The molecular formula is C27H41B2F3O. The summed E-state index contributed by atoms with van der Waals surface area (Å²) in [5.74, 6) is 1.28. The molecule has 3 saturated carbocycles. The highest BCUT2D eigenvalue weighted by Gasteiger charge is 2.62. The van der Waals surface area contributed by atoms with Crippen molar-refractivity contribution in [2.75, 3.05) is 0 Å². The van der Waals surface area contributed by atoms with Gasteiger partial charge in [-0.05, 0) is 105 Å². The molecule has 0 spiro atoms. The van der Waals surface area contributed by atoms with Crippen LogP contribution in [0.25, 0.3) is 0 Å². The number of allylic oxidation sites excluding steroid dienone is 1. The molecule has 0 aliphatic heterocycles. The van der Waals surface area contributed by atoms with E-state index in [2.05, 4.69) is 26.8 Å². The Hall–Kier alpha value is -0.380. The highest BCUT2D eigenvalue weighted by Crippen LogP contribution is 2.70. The maximum absolute atomic E-state index is 13.0. The Bertz CT molecular complexity index is 791. The Morgan fingerprint density at radius 1 is 1.00 bits per heavy atom. The zero-order valence-electron chi connectivity index (χ0n) is 21.1. The fourth-order valence-corrected chi connectivity index (χ4v) is 8.91. The average molecular weight is 460 g/mol. The second-order valence-electron chi connectivity index (χ2n) is 13.0. The van der Waals surface area contributed by atoms with Crippen LogP contribution in [0.15, 0.2) is 11.6 Å². The number of fused-ring (bicyclic) bond motifs is 5. The summed E-state index contributed by atoms with van der Waals surface area (Å²) in [5, 5.41) is 9.72. The van der Waals surface area contributed by atoms with Crippen molar-refractivity contribution in [3.8, 4) is 0 Å². The first-order valence-corrected chi connectivity index (χ1v) is 13.1. The molecule has 4 aliphatic rings. The lowest BCUT2D eigenvalue weighted by Gasteiger charge is -2.63. The van der Waals surface area contributed by atoms with Gasteiger partial charge in [0.2, 0.25) is 0 Å². The normalized spacial score (nSPS) is 46.5. The lowest BCUT2D eigenvalue weighted by Crippen LogP contribution is -2.57. The molecule has 0 aromatic rings. The molecule has 1 nitrogen and oxygen atoms in total. The van der Waals surface area contributed by atoms with Crippen LogP contribution in [-0.4, -0.2) is 32.6 Å². The maximum Gasteiger partial charge on any atom is 0.391 e. The minimum atomic E-state index is -4.09. The van der Waals surface area contributed by atoms with E-state index in [4.69, 9.17) is 15.7 Å². The lowest BCUT2D eigenvalue weighted by atomic mass is 9.33. The second-order valence-corrected chi connectivity index (χ2v) is 13.0. The maximum atomic E-state index is 13.0. The fraction of sp³-hybridized carbons (Fsp3) is 0.926. The van der Waals surface area contributed by atoms with E-state index >= 15 is 0 Å². The van der Waals surface area contributed by atoms with Gasteiger partial charge in [0.25, 0.3) is 0 Å². The van der Waals surface area contributed by atoms with Crippen molar-refractivity contribution in [1.29, 1.82) is 0 Å². The molecule has 182 valence electrons. The second kappa shape index (κ2) is 8.07. The number of hydrogen-bond donors (Lipinski definition) is 1. The van der Waals surface area contributed by atoms with E-state index in [9.17, 15) is 18.3 Å². The smallest absolute Gasteiger partial charge is 0.391 e. The fourth-order valence-electron chi connectivity index (χ4n) is 8.91. The lowest BCUT2D eigenvalue weighted by molar-refractivity contribution is -0.172. The third-order valence-corrected chi connectivity index (χ3v) is 11.3. The monoisotopic (exact) mass is 460 g/mol. The van der Waals surface area contributed by atoms with Crippen LogP contribution in [-0.2, 0) is 0 Å². The van der Waals surface area contributed by atoms with Crippen molar-refractivity contribution in [3.05, 3.63) is 11.6 Å². The quantitative estimate of drug-likeness (QED) is 0.354. The molecule has 0 aromatic heterocycles. The minimum absolute atomic E-state index is 0.0815. The largest absolute Gasteiger partial charge is 0.391 e. The van der Waals surface area contributed by atoms with Gasteiger partial charge in [-0.15, -0.1) is 0 Å². The molecule has 0 amide bonds. The molecule has 3 fully saturated rings. The van der Waals surface area contributed by atoms with Gasteiger partial charge in [-0.25, -0.2) is 0 Å². The minimum Gasteiger partial charge on any atom is -0.391 e. The van der Waals surface area contributed by atoms with Crippen LogP contribution in [0.4, 0.5) is 13.2 Å². The highest BCUT2D eigenvalue weighted by molar-refractivity contribution is 6.43. The summed E-state index contributed by atoms with van der Waals surface area (Å²) in [6.07, 6.45) is 6.06. The Kier molecular flexibility index (Phi) is 6.28. The Morgan fingerprint density at radius 3 is 2.30 bits per heavy atom. The molecule has 4 radical (unpaired) electrons. The van der Waals surface area contributed by atoms with Gasteiger partial charge in [0.15, 0.2) is 0 Å². The Balaban J connectivity index is 1.53. The highest BCUT2D eigenvalue weighted by atomic mass is 19.4. The van der Waals surface area contributed by atoms with Gasteiger partial charge >= 0.3 is 6.18 Å². The van der Waals surface area contributed by atoms with Gasteiger partial charge in [-0.3, -0.25) is 0 Å². The van der Waals surface area contributed by atoms with E-state index in [1.807, 2.05) is 0 Å². The van der Waals surface area contributed by atoms with Gasteiger partial charge in [0, 0.05) is 0 Å². The average Bonchev–Trinajstić information content (AvgIpc) is 3.06. The van der Waals surface area contributed by atoms with E-state index in [-0.39, 0.29) is 17.3 Å². The number of aliphatic hydroxyl groups is 1. The zero-order chi connectivity index (χ0) is 24.6. The third-order valence-electron chi connectivity index (χ3n) is 11.3. The van der Waals surface area contributed by atoms with Crippen LogP contribution < -0.4 is 0 Å². The molecule has 4 rings (SSSR count). The van der Waals surface area contributed by atoms with E-state index < -0.39 is 22.9 Å². The summed E-state index contributed by atoms with van der Waals surface area (Å²) in [4.78, 5) is 0. The van der Waals surface area contributed by atoms with E-state index in [0.717, 1.165) is 37.7 Å². The summed E-state index contributed by atoms with van der Waals surface area (Å²) >= 11 is 0. The summed E-state index contributed by atoms with van der Waals surface area (Å²) < 4.78 is 39.1. The van der Waals surface area contributed by atoms with Crippen molar-refractivity contribution in [3.63, 3.8) is 0 Å². The predicted molar refractivity (Wildman–Crippen MR) is 129 cm³/mol. The summed E-state index contributed by atoms with van der Waals surface area (Å²) in [5.41, 5.74) is 0.0597. The molecule has 6 heteroatoms. The van der Waals surface area contributed by atoms with Gasteiger partial charge in [-0.1, -0.05) is 44.6 Å². The zero-order valence-corrected chi connectivity index (χ0v) is 21.1. The van der Waals surface area contributed by atoms with Crippen LogP contribution in [0, 0.1) is 46.3 Å². The van der Waals surface area contributed by atoms with Crippen LogP contribution in [0.2, 0.25) is 5.21 Å². The van der Waals surface area contributed by atoms with Crippen molar-refractivity contribution in [1.82, 2.24) is 0 Å². The molecular weight excluding hydrogens is 419 g/mol. The van der Waals surface area contributed by atoms with Gasteiger partial charge < -0.3 is 5.11 Å². The van der Waals surface area contributed by atoms with Crippen molar-refractivity contribution >= 4 is 15.7 Å². The third kappa shape index (κ3) is 3.87. The van der Waals surface area contributed by atoms with Crippen molar-refractivity contribution in [2.24, 2.45) is 46.3 Å². The predicted octanol–water partition coefficient (Wildman–Crippen LogP) is 6.99. The Labute approximate surface area is 201 Å². The number of alkyl halides is 3. The van der Waals surface area contributed by atoms with E-state index in [1.54, 1.807) is 6.92 Å². The summed E-state index contributed by atoms with van der Waals surface area (Å²) in [6.45, 7) is 10.0. The SMILES string of the molecule is [B]C1([B])C2=CCC3C(CCC4(C)C3CCC4[C@H](C)CCC(C)C(F)(F)F)C2(C)CC[C@]1(C)O. The molecule has 4 aliphatic carbocycles. The first kappa shape index (κ1) is 25.7. The van der Waals surface area contributed by atoms with Crippen molar-refractivity contribution < 1.29 is 18.3 Å². The Morgan fingerprint density at radius 2 is 1.67 bits per heavy atom. The summed E-state index contributed by atoms with van der Waals surface area (Å²) in [6, 6.07) is 0. The molecule has 0 bridgehead atoms. The molecule has 7 unspecified atom stereocenters. The van der Waals surface area contributed by atoms with Crippen molar-refractivity contribution in [2.45, 2.75) is 109 Å². The van der Waals surface area contributed by atoms with Crippen LogP contribution in [0.3, 0.4) is 0 Å². The van der Waals surface area contributed by atoms with Crippen LogP contribution in [0.5, 0.6) is 0 Å². The van der Waals surface area contributed by atoms with E-state index in [0.29, 0.717) is 42.4 Å². The first-order valence-electron chi connectivity index (χ1n) is 13.1. The first-order chi connectivity index (χ1) is 15.1. The van der Waals surface area contributed by atoms with Crippen LogP contribution >= 0.6 is 0 Å². The summed E-state index contributed by atoms with van der Waals surface area (Å²) in [7, 11) is 13.2. The molecule has 0 saturated heterocycles. The van der Waals surface area contributed by atoms with E-state index in [1.165, 1.54) is 13.3 Å². The molecule has 0 heterocycles. The number of halogens is 3. The molecule has 1 N–H and O–H groups in total. The molecule has 0 aromatic carbocycles. The topological polar surface area (TPSA) is 20.2 Å². The van der Waals surface area contributed by atoms with Gasteiger partial charge in [0.05, 0.1) is 27.2 Å². The molecule has 9 atom stereocenters. The number of hydrogen-bond acceptors (Lipinski definition) is 1. The number of rotatable bonds is 4. The van der Waals surface area contributed by atoms with Crippen LogP contribution in [0.1, 0.15) is 92.4 Å². The van der Waals surface area contributed by atoms with Gasteiger partial charge in [0.1, 0.15) is 0 Å². The standard InChI is InChI=1S/C27H41B2F3O/c1-16(6-7-17(2)27(30,31)32)19-9-10-20-18-8-11-22-24(4,21(18)12-13-23(19,20)3)14-15-25(5,33)26(22,28)29/h11,16-21,33H,6-10,12-15H2,1-5H3/t16-,17?,18?,19?,20?,21?,23?,24?,25+/m1/s1.